The van der Waals surface area contributed by atoms with Gasteiger partial charge in [-0.05, 0) is 61.7 Å². The summed E-state index contributed by atoms with van der Waals surface area (Å²) < 4.78 is 5.55. The molecular weight excluding hydrogens is 312 g/mol. The van der Waals surface area contributed by atoms with Gasteiger partial charge in [-0.1, -0.05) is 26.0 Å². The number of benzene rings is 2. The molecule has 0 saturated carbocycles. The van der Waals surface area contributed by atoms with Crippen molar-refractivity contribution in [2.75, 3.05) is 29.9 Å². The average Bonchev–Trinajstić information content (AvgIpc) is 2.63. The maximum atomic E-state index is 12.0. The van der Waals surface area contributed by atoms with E-state index in [1.165, 1.54) is 5.56 Å². The summed E-state index contributed by atoms with van der Waals surface area (Å²) in [6, 6.07) is 15.8. The zero-order valence-corrected chi connectivity index (χ0v) is 15.6. The number of hydrogen-bond donors (Lipinski definition) is 1. The molecule has 0 aliphatic rings. The van der Waals surface area contributed by atoms with Crippen molar-refractivity contribution in [1.29, 1.82) is 0 Å². The highest BCUT2D eigenvalue weighted by atomic mass is 16.5. The summed E-state index contributed by atoms with van der Waals surface area (Å²) in [6.45, 7) is 10.5. The first-order chi connectivity index (χ1) is 12.0. The van der Waals surface area contributed by atoms with Gasteiger partial charge in [-0.3, -0.25) is 4.79 Å². The number of amides is 1. The van der Waals surface area contributed by atoms with Crippen LogP contribution in [0.2, 0.25) is 0 Å². The first-order valence-electron chi connectivity index (χ1n) is 8.91. The van der Waals surface area contributed by atoms with Gasteiger partial charge < -0.3 is 15.0 Å². The summed E-state index contributed by atoms with van der Waals surface area (Å²) in [5, 5.41) is 2.86. The molecule has 0 bridgehead atoms. The van der Waals surface area contributed by atoms with Gasteiger partial charge in [-0.25, -0.2) is 0 Å². The third-order valence-corrected chi connectivity index (χ3v) is 4.20. The Bertz CT molecular complexity index is 659. The number of anilines is 2. The summed E-state index contributed by atoms with van der Waals surface area (Å²) in [5.41, 5.74) is 3.19. The van der Waals surface area contributed by atoms with Crippen LogP contribution in [0.4, 0.5) is 11.4 Å². The molecule has 0 atom stereocenters. The maximum Gasteiger partial charge on any atom is 0.262 e. The summed E-state index contributed by atoms with van der Waals surface area (Å²) in [5.74, 6) is 1.02. The molecule has 1 amide bonds. The smallest absolute Gasteiger partial charge is 0.262 e. The molecule has 0 radical (unpaired) electrons. The molecule has 134 valence electrons. The van der Waals surface area contributed by atoms with Crippen LogP contribution in [0.3, 0.4) is 0 Å². The van der Waals surface area contributed by atoms with Crippen molar-refractivity contribution < 1.29 is 9.53 Å². The van der Waals surface area contributed by atoms with E-state index in [0.29, 0.717) is 11.7 Å². The van der Waals surface area contributed by atoms with E-state index in [1.54, 1.807) is 0 Å². The van der Waals surface area contributed by atoms with Crippen molar-refractivity contribution in [2.24, 2.45) is 0 Å². The van der Waals surface area contributed by atoms with Gasteiger partial charge >= 0.3 is 0 Å². The molecule has 0 saturated heterocycles. The number of nitrogens with zero attached hydrogens (tertiary/aromatic N) is 1. The van der Waals surface area contributed by atoms with Gasteiger partial charge in [0.15, 0.2) is 6.61 Å². The Morgan fingerprint density at radius 2 is 1.60 bits per heavy atom. The molecule has 4 nitrogen and oxygen atoms in total. The van der Waals surface area contributed by atoms with Gasteiger partial charge in [0.2, 0.25) is 0 Å². The van der Waals surface area contributed by atoms with Gasteiger partial charge in [0.1, 0.15) is 5.75 Å². The molecule has 1 N–H and O–H groups in total. The minimum Gasteiger partial charge on any atom is -0.484 e. The lowest BCUT2D eigenvalue weighted by atomic mass is 10.0. The summed E-state index contributed by atoms with van der Waals surface area (Å²) in [7, 11) is 0. The Morgan fingerprint density at radius 1 is 1.00 bits per heavy atom. The van der Waals surface area contributed by atoms with Gasteiger partial charge in [0.25, 0.3) is 5.91 Å². The molecular formula is C21H28N2O2. The Hall–Kier alpha value is -2.49. The van der Waals surface area contributed by atoms with Gasteiger partial charge in [-0.15, -0.1) is 0 Å². The number of carbonyl (C=O) groups is 1. The van der Waals surface area contributed by atoms with Crippen molar-refractivity contribution in [3.63, 3.8) is 0 Å². The topological polar surface area (TPSA) is 41.6 Å². The molecule has 4 heteroatoms. The third kappa shape index (κ3) is 5.52. The zero-order chi connectivity index (χ0) is 18.2. The van der Waals surface area contributed by atoms with Crippen LogP contribution in [0, 0.1) is 0 Å². The quantitative estimate of drug-likeness (QED) is 0.759. The Kier molecular flexibility index (Phi) is 6.87. The summed E-state index contributed by atoms with van der Waals surface area (Å²) in [6.07, 6.45) is 0. The molecule has 0 unspecified atom stereocenters. The number of ether oxygens (including phenoxy) is 1. The van der Waals surface area contributed by atoms with E-state index in [-0.39, 0.29) is 12.5 Å². The van der Waals surface area contributed by atoms with Crippen molar-refractivity contribution in [3.05, 3.63) is 54.1 Å². The molecule has 0 heterocycles. The Morgan fingerprint density at radius 3 is 2.12 bits per heavy atom. The van der Waals surface area contributed by atoms with Crippen molar-refractivity contribution >= 4 is 17.3 Å². The van der Waals surface area contributed by atoms with Crippen molar-refractivity contribution in [1.82, 2.24) is 0 Å². The highest BCUT2D eigenvalue weighted by molar-refractivity contribution is 5.92. The lowest BCUT2D eigenvalue weighted by Gasteiger charge is -2.21. The summed E-state index contributed by atoms with van der Waals surface area (Å²) >= 11 is 0. The summed E-state index contributed by atoms with van der Waals surface area (Å²) in [4.78, 5) is 14.3. The highest BCUT2D eigenvalue weighted by Crippen LogP contribution is 2.19. The predicted molar refractivity (Wildman–Crippen MR) is 105 cm³/mol. The van der Waals surface area contributed by atoms with Crippen LogP contribution in [0.1, 0.15) is 39.2 Å². The zero-order valence-electron chi connectivity index (χ0n) is 15.6. The average molecular weight is 340 g/mol. The molecule has 0 aliphatic carbocycles. The lowest BCUT2D eigenvalue weighted by molar-refractivity contribution is -0.118. The first-order valence-corrected chi connectivity index (χ1v) is 8.91. The molecule has 0 aliphatic heterocycles. The molecule has 0 aromatic heterocycles. The number of carbonyl (C=O) groups excluding carboxylic acids is 1. The fourth-order valence-electron chi connectivity index (χ4n) is 2.64. The molecule has 0 spiro atoms. The van der Waals surface area contributed by atoms with Crippen LogP contribution in [0.5, 0.6) is 5.75 Å². The van der Waals surface area contributed by atoms with Crippen LogP contribution in [0.25, 0.3) is 0 Å². The second kappa shape index (κ2) is 9.11. The Balaban J connectivity index is 1.85. The third-order valence-electron chi connectivity index (χ3n) is 4.20. The van der Waals surface area contributed by atoms with Crippen LogP contribution in [-0.4, -0.2) is 25.6 Å². The van der Waals surface area contributed by atoms with E-state index in [4.69, 9.17) is 4.74 Å². The standard InChI is InChI=1S/C21H28N2O2/c1-5-23(6-2)19-11-9-18(10-12-19)22-21(24)15-25-20-13-7-17(8-14-20)16(3)4/h7-14,16H,5-6,15H2,1-4H3,(H,22,24). The van der Waals surface area contributed by atoms with E-state index in [1.807, 2.05) is 48.5 Å². The molecule has 2 rings (SSSR count). The molecule has 25 heavy (non-hydrogen) atoms. The molecule has 2 aromatic rings. The van der Waals surface area contributed by atoms with E-state index < -0.39 is 0 Å². The number of rotatable bonds is 8. The van der Waals surface area contributed by atoms with Crippen molar-refractivity contribution in [2.45, 2.75) is 33.6 Å². The Labute approximate surface area is 150 Å². The van der Waals surface area contributed by atoms with E-state index in [2.05, 4.69) is 37.9 Å². The van der Waals surface area contributed by atoms with Crippen LogP contribution < -0.4 is 15.0 Å². The minimum absolute atomic E-state index is 0.00117. The van der Waals surface area contributed by atoms with Gasteiger partial charge in [-0.2, -0.15) is 0 Å². The van der Waals surface area contributed by atoms with Crippen LogP contribution in [-0.2, 0) is 4.79 Å². The fourth-order valence-corrected chi connectivity index (χ4v) is 2.64. The molecule has 0 fully saturated rings. The van der Waals surface area contributed by atoms with Crippen LogP contribution in [0.15, 0.2) is 48.5 Å². The maximum absolute atomic E-state index is 12.0. The number of hydrogen-bond acceptors (Lipinski definition) is 3. The van der Waals surface area contributed by atoms with E-state index in [9.17, 15) is 4.79 Å². The normalized spacial score (nSPS) is 10.6. The largest absolute Gasteiger partial charge is 0.484 e. The van der Waals surface area contributed by atoms with Gasteiger partial charge in [0, 0.05) is 24.5 Å². The predicted octanol–water partition coefficient (Wildman–Crippen LogP) is 4.67. The second-order valence-corrected chi connectivity index (χ2v) is 6.28. The lowest BCUT2D eigenvalue weighted by Crippen LogP contribution is -2.22. The van der Waals surface area contributed by atoms with Crippen molar-refractivity contribution in [3.8, 4) is 5.75 Å². The second-order valence-electron chi connectivity index (χ2n) is 6.28. The highest BCUT2D eigenvalue weighted by Gasteiger charge is 2.06. The van der Waals surface area contributed by atoms with Gasteiger partial charge in [0.05, 0.1) is 0 Å². The van der Waals surface area contributed by atoms with E-state index in [0.717, 1.165) is 24.5 Å². The first kappa shape index (κ1) is 18.8. The minimum atomic E-state index is -0.163. The fraction of sp³-hybridized carbons (Fsp3) is 0.381. The monoisotopic (exact) mass is 340 g/mol. The number of nitrogens with one attached hydrogen (secondary N) is 1. The van der Waals surface area contributed by atoms with E-state index >= 15 is 0 Å². The molecule has 2 aromatic carbocycles. The van der Waals surface area contributed by atoms with Crippen LogP contribution >= 0.6 is 0 Å². The SMILES string of the molecule is CCN(CC)c1ccc(NC(=O)COc2ccc(C(C)C)cc2)cc1.